The molecule has 330 valence electrons. The molecule has 60 heavy (non-hydrogen) atoms. The van der Waals surface area contributed by atoms with Gasteiger partial charge in [-0.05, 0) is 109 Å². The molecule has 0 aliphatic rings. The van der Waals surface area contributed by atoms with Gasteiger partial charge in [-0.1, -0.05) is 54.4 Å². The largest absolute Gasteiger partial charge is 0.493 e. The van der Waals surface area contributed by atoms with Crippen molar-refractivity contribution in [3.8, 4) is 23.0 Å². The van der Waals surface area contributed by atoms with Gasteiger partial charge in [0, 0.05) is 17.4 Å². The second kappa shape index (κ2) is 22.6. The fourth-order valence-electron chi connectivity index (χ4n) is 5.21. The Balaban J connectivity index is 2.13. The topological polar surface area (TPSA) is 172 Å². The highest BCUT2D eigenvalue weighted by molar-refractivity contribution is 6.10. The van der Waals surface area contributed by atoms with Crippen LogP contribution in [0.25, 0.3) is 0 Å². The summed E-state index contributed by atoms with van der Waals surface area (Å²) < 4.78 is 35.4. The molecule has 0 atom stereocenters. The number of amides is 4. The highest BCUT2D eigenvalue weighted by Gasteiger charge is 2.24. The Hall–Kier alpha value is -5.66. The van der Waals surface area contributed by atoms with Crippen molar-refractivity contribution in [2.45, 2.75) is 120 Å². The van der Waals surface area contributed by atoms with Gasteiger partial charge in [0.05, 0.1) is 48.9 Å². The quantitative estimate of drug-likeness (QED) is 0.0803. The van der Waals surface area contributed by atoms with Crippen LogP contribution in [-0.2, 0) is 9.47 Å². The normalized spacial score (nSPS) is 11.4. The lowest BCUT2D eigenvalue weighted by Crippen LogP contribution is -2.27. The van der Waals surface area contributed by atoms with Gasteiger partial charge in [0.1, 0.15) is 34.2 Å². The molecule has 0 aromatic heterocycles. The van der Waals surface area contributed by atoms with Crippen molar-refractivity contribution in [3.63, 3.8) is 0 Å². The second-order valence-electron chi connectivity index (χ2n) is 17.2. The van der Waals surface area contributed by atoms with Crippen molar-refractivity contribution in [1.29, 1.82) is 0 Å². The van der Waals surface area contributed by atoms with E-state index in [1.165, 1.54) is 12.1 Å². The van der Waals surface area contributed by atoms with Gasteiger partial charge in [0.25, 0.3) is 11.8 Å². The summed E-state index contributed by atoms with van der Waals surface area (Å²) in [6.07, 6.45) is 1.93. The number of benzene rings is 3. The lowest BCUT2D eigenvalue weighted by molar-refractivity contribution is 0.0624. The van der Waals surface area contributed by atoms with E-state index in [0.717, 1.165) is 25.7 Å². The number of carbonyl (C=O) groups excluding carboxylic acids is 4. The Morgan fingerprint density at radius 3 is 1.23 bits per heavy atom. The van der Waals surface area contributed by atoms with Crippen LogP contribution in [0, 0.1) is 11.8 Å². The number of ether oxygens (including phenoxy) is 6. The Bertz CT molecular complexity index is 1780. The van der Waals surface area contributed by atoms with Gasteiger partial charge < -0.3 is 39.1 Å². The number of carbonyl (C=O) groups is 4. The fourth-order valence-corrected chi connectivity index (χ4v) is 5.21. The third kappa shape index (κ3) is 16.9. The van der Waals surface area contributed by atoms with Crippen LogP contribution in [0.3, 0.4) is 0 Å². The van der Waals surface area contributed by atoms with Crippen LogP contribution in [0.5, 0.6) is 23.0 Å². The summed E-state index contributed by atoms with van der Waals surface area (Å²) in [5.41, 5.74) is -0.0800. The zero-order valence-corrected chi connectivity index (χ0v) is 37.5. The number of rotatable bonds is 20. The zero-order valence-electron chi connectivity index (χ0n) is 37.5. The number of nitrogens with one attached hydrogen (secondary N) is 4. The SMILES string of the molecule is CCCCOc1ccc(NC(=O)OC(C)(C)C)cc1C(=O)Nc1cc(NC(=O)c2cc(NC(=O)OC(C)(C)C)ccc2OCCCC)c(OCC(C)C)cc1OCC(C)C. The van der Waals surface area contributed by atoms with Crippen LogP contribution in [0.1, 0.15) is 129 Å². The standard InChI is InChI=1S/C46H66N4O10/c1-13-15-21-55-37-19-17-31(47-43(53)59-45(7,8)9)23-33(37)41(51)49-35-25-36(40(58-28-30(5)6)26-39(35)57-27-29(3)4)50-42(52)34-24-32(48-44(54)60-46(10,11)12)18-20-38(34)56-22-16-14-2/h17-20,23-26,29-30H,13-16,21-22,27-28H2,1-12H3,(H,47,53)(H,48,54)(H,49,51)(H,50,52). The van der Waals surface area contributed by atoms with Crippen molar-refractivity contribution in [2.24, 2.45) is 11.8 Å². The maximum atomic E-state index is 14.3. The van der Waals surface area contributed by atoms with E-state index in [1.807, 2.05) is 41.5 Å². The molecule has 0 bridgehead atoms. The average Bonchev–Trinajstić information content (AvgIpc) is 3.13. The Labute approximate surface area is 355 Å². The summed E-state index contributed by atoms with van der Waals surface area (Å²) >= 11 is 0. The van der Waals surface area contributed by atoms with E-state index >= 15 is 0 Å². The van der Waals surface area contributed by atoms with Crippen LogP contribution < -0.4 is 40.2 Å². The fraction of sp³-hybridized carbons (Fsp3) is 0.522. The first-order chi connectivity index (χ1) is 28.2. The highest BCUT2D eigenvalue weighted by atomic mass is 16.6. The van der Waals surface area contributed by atoms with Gasteiger partial charge in [0.15, 0.2) is 0 Å². The maximum absolute atomic E-state index is 14.3. The molecule has 0 fully saturated rings. The summed E-state index contributed by atoms with van der Waals surface area (Å²) in [5.74, 6) is 0.357. The first kappa shape index (κ1) is 48.7. The van der Waals surface area contributed by atoms with Crippen molar-refractivity contribution >= 4 is 46.8 Å². The minimum absolute atomic E-state index is 0.134. The summed E-state index contributed by atoms with van der Waals surface area (Å²) in [7, 11) is 0. The van der Waals surface area contributed by atoms with Crippen molar-refractivity contribution < 1.29 is 47.6 Å². The first-order valence-corrected chi connectivity index (χ1v) is 20.8. The first-order valence-electron chi connectivity index (χ1n) is 20.8. The molecule has 14 heteroatoms. The van der Waals surface area contributed by atoms with Crippen molar-refractivity contribution in [2.75, 3.05) is 47.7 Å². The minimum atomic E-state index is -0.735. The monoisotopic (exact) mass is 834 g/mol. The summed E-state index contributed by atoms with van der Waals surface area (Å²) in [5, 5.41) is 11.3. The molecule has 0 aliphatic heterocycles. The molecule has 3 rings (SSSR count). The number of unbranched alkanes of at least 4 members (excludes halogenated alkanes) is 2. The Morgan fingerprint density at radius 2 is 0.900 bits per heavy atom. The second-order valence-corrected chi connectivity index (χ2v) is 17.2. The van der Waals surface area contributed by atoms with E-state index in [-0.39, 0.29) is 34.3 Å². The van der Waals surface area contributed by atoms with E-state index in [2.05, 4.69) is 21.3 Å². The maximum Gasteiger partial charge on any atom is 0.412 e. The molecule has 0 radical (unpaired) electrons. The lowest BCUT2D eigenvalue weighted by atomic mass is 10.1. The number of anilines is 4. The molecule has 0 heterocycles. The van der Waals surface area contributed by atoms with Gasteiger partial charge in [-0.25, -0.2) is 9.59 Å². The van der Waals surface area contributed by atoms with E-state index < -0.39 is 35.2 Å². The number of hydrogen-bond acceptors (Lipinski definition) is 10. The molecule has 3 aromatic rings. The lowest BCUT2D eigenvalue weighted by Gasteiger charge is -2.21. The zero-order chi connectivity index (χ0) is 44.6. The molecular formula is C46H66N4O10. The Kier molecular flexibility index (Phi) is 18.4. The molecule has 0 spiro atoms. The van der Waals surface area contributed by atoms with Gasteiger partial charge in [-0.3, -0.25) is 20.2 Å². The van der Waals surface area contributed by atoms with Crippen LogP contribution >= 0.6 is 0 Å². The molecule has 0 saturated carbocycles. The third-order valence-electron chi connectivity index (χ3n) is 7.97. The van der Waals surface area contributed by atoms with E-state index in [9.17, 15) is 19.2 Å². The Morgan fingerprint density at radius 1 is 0.517 bits per heavy atom. The van der Waals surface area contributed by atoms with Gasteiger partial charge in [-0.2, -0.15) is 0 Å². The van der Waals surface area contributed by atoms with Crippen LogP contribution in [0.4, 0.5) is 32.3 Å². The van der Waals surface area contributed by atoms with Gasteiger partial charge in [-0.15, -0.1) is 0 Å². The molecule has 4 amide bonds. The van der Waals surface area contributed by atoms with Crippen LogP contribution in [-0.4, -0.2) is 61.6 Å². The molecule has 0 unspecified atom stereocenters. The van der Waals surface area contributed by atoms with E-state index in [0.29, 0.717) is 60.8 Å². The predicted octanol–water partition coefficient (Wildman–Crippen LogP) is 11.3. The van der Waals surface area contributed by atoms with Crippen molar-refractivity contribution in [3.05, 3.63) is 59.7 Å². The summed E-state index contributed by atoms with van der Waals surface area (Å²) in [6, 6.07) is 12.7. The molecule has 0 aliphatic carbocycles. The summed E-state index contributed by atoms with van der Waals surface area (Å²) in [4.78, 5) is 53.9. The third-order valence-corrected chi connectivity index (χ3v) is 7.97. The molecule has 14 nitrogen and oxygen atoms in total. The van der Waals surface area contributed by atoms with E-state index in [4.69, 9.17) is 28.4 Å². The predicted molar refractivity (Wildman–Crippen MR) is 236 cm³/mol. The molecule has 4 N–H and O–H groups in total. The van der Waals surface area contributed by atoms with Gasteiger partial charge >= 0.3 is 12.2 Å². The van der Waals surface area contributed by atoms with E-state index in [1.54, 1.807) is 77.9 Å². The van der Waals surface area contributed by atoms with Crippen molar-refractivity contribution in [1.82, 2.24) is 0 Å². The molecule has 3 aromatic carbocycles. The minimum Gasteiger partial charge on any atom is -0.493 e. The number of hydrogen-bond donors (Lipinski definition) is 4. The summed E-state index contributed by atoms with van der Waals surface area (Å²) in [6.45, 7) is 24.0. The highest BCUT2D eigenvalue weighted by Crippen LogP contribution is 2.39. The molecule has 0 saturated heterocycles. The van der Waals surface area contributed by atoms with Crippen LogP contribution in [0.2, 0.25) is 0 Å². The average molecular weight is 835 g/mol. The molecular weight excluding hydrogens is 769 g/mol. The van der Waals surface area contributed by atoms with Crippen LogP contribution in [0.15, 0.2) is 48.5 Å². The smallest absolute Gasteiger partial charge is 0.412 e. The van der Waals surface area contributed by atoms with Gasteiger partial charge in [0.2, 0.25) is 0 Å².